The van der Waals surface area contributed by atoms with Gasteiger partial charge in [-0.15, -0.1) is 0 Å². The summed E-state index contributed by atoms with van der Waals surface area (Å²) in [5, 5.41) is 0. The van der Waals surface area contributed by atoms with Crippen molar-refractivity contribution in [3.8, 4) is 0 Å². The minimum absolute atomic E-state index is 0.401. The molecule has 0 aromatic rings. The average molecular weight is 214 g/mol. The van der Waals surface area contributed by atoms with Crippen LogP contribution in [-0.4, -0.2) is 55.6 Å². The van der Waals surface area contributed by atoms with Crippen LogP contribution in [0.2, 0.25) is 0 Å². The molecule has 1 aliphatic rings. The highest BCUT2D eigenvalue weighted by molar-refractivity contribution is 4.88. The predicted octanol–water partition coefficient (Wildman–Crippen LogP) is 0.110. The monoisotopic (exact) mass is 214 g/mol. The van der Waals surface area contributed by atoms with Crippen LogP contribution in [0.3, 0.4) is 0 Å². The van der Waals surface area contributed by atoms with Crippen LogP contribution in [0.5, 0.6) is 0 Å². The van der Waals surface area contributed by atoms with Crippen LogP contribution in [0.15, 0.2) is 0 Å². The minimum Gasteiger partial charge on any atom is -0.303 e. The molecule has 90 valence electrons. The molecule has 1 aliphatic heterocycles. The zero-order valence-electron chi connectivity index (χ0n) is 10.5. The number of hydrogen-bond donors (Lipinski definition) is 2. The third kappa shape index (κ3) is 3.72. The van der Waals surface area contributed by atoms with Gasteiger partial charge in [0.25, 0.3) is 0 Å². The molecule has 0 aromatic carbocycles. The van der Waals surface area contributed by atoms with Crippen molar-refractivity contribution in [2.24, 2.45) is 11.8 Å². The van der Waals surface area contributed by atoms with Gasteiger partial charge in [-0.25, -0.2) is 0 Å². The molecule has 1 heterocycles. The second kappa shape index (κ2) is 5.80. The van der Waals surface area contributed by atoms with Crippen molar-refractivity contribution < 1.29 is 0 Å². The van der Waals surface area contributed by atoms with E-state index in [1.54, 1.807) is 0 Å². The fourth-order valence-corrected chi connectivity index (χ4v) is 2.32. The first kappa shape index (κ1) is 12.9. The Morgan fingerprint density at radius 3 is 2.53 bits per heavy atom. The van der Waals surface area contributed by atoms with Gasteiger partial charge in [-0.05, 0) is 26.4 Å². The SMILES string of the molecule is CC(C)CC(NN)C1CN(C)CCN1C. The lowest BCUT2D eigenvalue weighted by Gasteiger charge is -2.42. The highest BCUT2D eigenvalue weighted by Gasteiger charge is 2.29. The van der Waals surface area contributed by atoms with Gasteiger partial charge >= 0.3 is 0 Å². The van der Waals surface area contributed by atoms with Gasteiger partial charge in [-0.1, -0.05) is 13.8 Å². The largest absolute Gasteiger partial charge is 0.303 e. The Hall–Kier alpha value is -0.160. The first-order valence-corrected chi connectivity index (χ1v) is 5.89. The summed E-state index contributed by atoms with van der Waals surface area (Å²) in [6.07, 6.45) is 1.14. The number of nitrogens with zero attached hydrogens (tertiary/aromatic N) is 2. The van der Waals surface area contributed by atoms with Crippen molar-refractivity contribution in [3.05, 3.63) is 0 Å². The Morgan fingerprint density at radius 2 is 2.00 bits per heavy atom. The summed E-state index contributed by atoms with van der Waals surface area (Å²) in [5.74, 6) is 6.35. The van der Waals surface area contributed by atoms with Gasteiger partial charge in [0.15, 0.2) is 0 Å². The molecule has 0 spiro atoms. The third-order valence-electron chi connectivity index (χ3n) is 3.30. The summed E-state index contributed by atoms with van der Waals surface area (Å²) in [7, 11) is 4.38. The number of hydrogen-bond acceptors (Lipinski definition) is 4. The molecule has 2 unspecified atom stereocenters. The molecule has 15 heavy (non-hydrogen) atoms. The fraction of sp³-hybridized carbons (Fsp3) is 1.00. The normalized spacial score (nSPS) is 27.2. The van der Waals surface area contributed by atoms with E-state index >= 15 is 0 Å². The standard InChI is InChI=1S/C11H26N4/c1-9(2)7-10(13-12)11-8-14(3)5-6-15(11)4/h9-11,13H,5-8,12H2,1-4H3. The van der Waals surface area contributed by atoms with E-state index in [4.69, 9.17) is 5.84 Å². The molecule has 4 heteroatoms. The van der Waals surface area contributed by atoms with Crippen LogP contribution in [0.4, 0.5) is 0 Å². The molecule has 1 rings (SSSR count). The summed E-state index contributed by atoms with van der Waals surface area (Å²) >= 11 is 0. The van der Waals surface area contributed by atoms with E-state index in [2.05, 4.69) is 43.2 Å². The molecule has 0 aliphatic carbocycles. The number of likely N-dealkylation sites (N-methyl/N-ethyl adjacent to an activating group) is 2. The fourth-order valence-electron chi connectivity index (χ4n) is 2.32. The molecule has 0 bridgehead atoms. The predicted molar refractivity (Wildman–Crippen MR) is 64.5 cm³/mol. The zero-order valence-corrected chi connectivity index (χ0v) is 10.5. The number of hydrazine groups is 1. The second-order valence-electron chi connectivity index (χ2n) is 5.21. The van der Waals surface area contributed by atoms with Gasteiger partial charge in [-0.2, -0.15) is 0 Å². The van der Waals surface area contributed by atoms with E-state index in [1.165, 1.54) is 0 Å². The van der Waals surface area contributed by atoms with Crippen LogP contribution in [0, 0.1) is 5.92 Å². The molecule has 0 aromatic heterocycles. The van der Waals surface area contributed by atoms with Crippen molar-refractivity contribution >= 4 is 0 Å². The second-order valence-corrected chi connectivity index (χ2v) is 5.21. The quantitative estimate of drug-likeness (QED) is 0.515. The topological polar surface area (TPSA) is 44.5 Å². The lowest BCUT2D eigenvalue weighted by molar-refractivity contribution is 0.0817. The Balaban J connectivity index is 2.56. The maximum atomic E-state index is 5.66. The van der Waals surface area contributed by atoms with Crippen LogP contribution < -0.4 is 11.3 Å². The van der Waals surface area contributed by atoms with Gasteiger partial charge in [0.1, 0.15) is 0 Å². The van der Waals surface area contributed by atoms with E-state index in [9.17, 15) is 0 Å². The molecule has 0 radical (unpaired) electrons. The van der Waals surface area contributed by atoms with Gasteiger partial charge in [0, 0.05) is 31.7 Å². The van der Waals surface area contributed by atoms with E-state index in [-0.39, 0.29) is 0 Å². The molecule has 1 saturated heterocycles. The van der Waals surface area contributed by atoms with E-state index in [0.29, 0.717) is 18.0 Å². The molecule has 0 saturated carbocycles. The van der Waals surface area contributed by atoms with Gasteiger partial charge in [0.2, 0.25) is 0 Å². The Labute approximate surface area is 93.8 Å². The highest BCUT2D eigenvalue weighted by Crippen LogP contribution is 2.15. The lowest BCUT2D eigenvalue weighted by atomic mass is 9.95. The van der Waals surface area contributed by atoms with Crippen molar-refractivity contribution in [1.29, 1.82) is 0 Å². The third-order valence-corrected chi connectivity index (χ3v) is 3.30. The van der Waals surface area contributed by atoms with Crippen molar-refractivity contribution in [3.63, 3.8) is 0 Å². The number of rotatable bonds is 4. The van der Waals surface area contributed by atoms with Crippen LogP contribution >= 0.6 is 0 Å². The van der Waals surface area contributed by atoms with E-state index in [1.807, 2.05) is 0 Å². The molecule has 3 N–H and O–H groups in total. The zero-order chi connectivity index (χ0) is 11.4. The highest BCUT2D eigenvalue weighted by atomic mass is 15.3. The van der Waals surface area contributed by atoms with Crippen LogP contribution in [-0.2, 0) is 0 Å². The summed E-state index contributed by atoms with van der Waals surface area (Å²) in [6, 6.07) is 0.939. The van der Waals surface area contributed by atoms with Gasteiger partial charge in [0.05, 0.1) is 0 Å². The van der Waals surface area contributed by atoms with Crippen molar-refractivity contribution in [2.75, 3.05) is 33.7 Å². The maximum Gasteiger partial charge on any atom is 0.0387 e. The maximum absolute atomic E-state index is 5.66. The average Bonchev–Trinajstić information content (AvgIpc) is 2.18. The minimum atomic E-state index is 0.401. The summed E-state index contributed by atoms with van der Waals surface area (Å²) in [5.41, 5.74) is 2.99. The number of nitrogens with two attached hydrogens (primary N) is 1. The van der Waals surface area contributed by atoms with Crippen LogP contribution in [0.25, 0.3) is 0 Å². The Bertz CT molecular complexity index is 183. The molecule has 4 nitrogen and oxygen atoms in total. The van der Waals surface area contributed by atoms with E-state index in [0.717, 1.165) is 26.1 Å². The van der Waals surface area contributed by atoms with E-state index < -0.39 is 0 Å². The molecule has 2 atom stereocenters. The van der Waals surface area contributed by atoms with Crippen LogP contribution in [0.1, 0.15) is 20.3 Å². The van der Waals surface area contributed by atoms with Crippen molar-refractivity contribution in [1.82, 2.24) is 15.2 Å². The first-order chi connectivity index (χ1) is 7.04. The lowest BCUT2D eigenvalue weighted by Crippen LogP contribution is -2.60. The first-order valence-electron chi connectivity index (χ1n) is 5.89. The molecule has 0 amide bonds. The number of piperazine rings is 1. The smallest absolute Gasteiger partial charge is 0.0387 e. The Morgan fingerprint density at radius 1 is 1.33 bits per heavy atom. The number of nitrogens with one attached hydrogen (secondary N) is 1. The van der Waals surface area contributed by atoms with Gasteiger partial charge < -0.3 is 4.90 Å². The summed E-state index contributed by atoms with van der Waals surface area (Å²) in [6.45, 7) is 7.90. The summed E-state index contributed by atoms with van der Waals surface area (Å²) < 4.78 is 0. The Kier molecular flexibility index (Phi) is 4.99. The molecular weight excluding hydrogens is 188 g/mol. The molecule has 1 fully saturated rings. The van der Waals surface area contributed by atoms with Gasteiger partial charge in [-0.3, -0.25) is 16.2 Å². The summed E-state index contributed by atoms with van der Waals surface area (Å²) in [4.78, 5) is 4.81. The molecular formula is C11H26N4. The van der Waals surface area contributed by atoms with Crippen molar-refractivity contribution in [2.45, 2.75) is 32.4 Å².